The first kappa shape index (κ1) is 36.0. The van der Waals surface area contributed by atoms with E-state index in [1.54, 1.807) is 19.6 Å². The van der Waals surface area contributed by atoms with E-state index in [4.69, 9.17) is 0 Å². The van der Waals surface area contributed by atoms with Crippen LogP contribution < -0.4 is 5.32 Å². The average molecular weight is 621 g/mol. The molecule has 1 fully saturated rings. The van der Waals surface area contributed by atoms with Gasteiger partial charge in [0.15, 0.2) is 0 Å². The van der Waals surface area contributed by atoms with Crippen LogP contribution >= 0.6 is 15.2 Å². The summed E-state index contributed by atoms with van der Waals surface area (Å²) < 4.78 is 22.9. The average Bonchev–Trinajstić information content (AvgIpc) is 2.78. The zero-order valence-corrected chi connectivity index (χ0v) is 23.4. The fraction of sp³-hybridized carbons (Fsp3) is 0.789. The highest BCUT2D eigenvalue weighted by atomic mass is 31.2. The molecule has 1 aliphatic heterocycles. The molecular formula is C19H37N5O14P2. The molecule has 40 heavy (non-hydrogen) atoms. The second-order valence-corrected chi connectivity index (χ2v) is 13.3. The summed E-state index contributed by atoms with van der Waals surface area (Å²) in [5.74, 6) is -4.10. The maximum Gasteiger partial charge on any atom is 0.369 e. The third-order valence-electron chi connectivity index (χ3n) is 6.09. The second kappa shape index (κ2) is 15.8. The molecule has 1 saturated heterocycles. The molecule has 1 aliphatic rings. The molecule has 232 valence electrons. The van der Waals surface area contributed by atoms with Crippen molar-refractivity contribution >= 4 is 39.0 Å². The summed E-state index contributed by atoms with van der Waals surface area (Å²) in [5, 5.41) is 36.2. The van der Waals surface area contributed by atoms with E-state index in [-0.39, 0.29) is 78.5 Å². The van der Waals surface area contributed by atoms with Gasteiger partial charge in [0.05, 0.1) is 26.2 Å². The lowest BCUT2D eigenvalue weighted by molar-refractivity contribution is -0.140. The Morgan fingerprint density at radius 3 is 1.12 bits per heavy atom. The Morgan fingerprint density at radius 1 is 0.600 bits per heavy atom. The smallest absolute Gasteiger partial charge is 0.369 e. The van der Waals surface area contributed by atoms with E-state index in [1.165, 1.54) is 0 Å². The van der Waals surface area contributed by atoms with Crippen LogP contribution in [0.15, 0.2) is 0 Å². The molecule has 1 amide bonds. The topological polar surface area (TPSA) is 289 Å². The van der Waals surface area contributed by atoms with Gasteiger partial charge in [0.2, 0.25) is 5.91 Å². The van der Waals surface area contributed by atoms with E-state index >= 15 is 0 Å². The van der Waals surface area contributed by atoms with Crippen LogP contribution in [0.1, 0.15) is 6.42 Å². The normalized spacial score (nSPS) is 18.4. The van der Waals surface area contributed by atoms with Crippen LogP contribution in [0.4, 0.5) is 0 Å². The Morgan fingerprint density at radius 2 is 0.875 bits per heavy atom. The van der Waals surface area contributed by atoms with Crippen LogP contribution in [-0.4, -0.2) is 174 Å². The van der Waals surface area contributed by atoms with Gasteiger partial charge in [0.25, 0.3) is 5.08 Å². The number of aliphatic hydroxyl groups is 1. The maximum absolute atomic E-state index is 12.5. The molecule has 0 bridgehead atoms. The molecule has 0 aromatic heterocycles. The number of amides is 1. The Kier molecular flexibility index (Phi) is 14.3. The summed E-state index contributed by atoms with van der Waals surface area (Å²) in [6.45, 7) is -0.893. The van der Waals surface area contributed by atoms with Crippen molar-refractivity contribution in [2.45, 2.75) is 11.5 Å². The second-order valence-electron chi connectivity index (χ2n) is 9.25. The summed E-state index contributed by atoms with van der Waals surface area (Å²) in [6, 6.07) is 0. The van der Waals surface area contributed by atoms with Crippen molar-refractivity contribution in [1.82, 2.24) is 24.9 Å². The number of nitrogens with one attached hydrogen (secondary N) is 1. The summed E-state index contributed by atoms with van der Waals surface area (Å²) in [5.41, 5.74) is 0. The van der Waals surface area contributed by atoms with Crippen LogP contribution in [0.2, 0.25) is 0 Å². The minimum Gasteiger partial charge on any atom is -0.480 e. The largest absolute Gasteiger partial charge is 0.480 e. The molecule has 0 aromatic rings. The fourth-order valence-corrected chi connectivity index (χ4v) is 6.04. The molecule has 0 saturated carbocycles. The van der Waals surface area contributed by atoms with Gasteiger partial charge in [-0.3, -0.25) is 47.9 Å². The predicted molar refractivity (Wildman–Crippen MR) is 135 cm³/mol. The Labute approximate surface area is 229 Å². The van der Waals surface area contributed by atoms with E-state index in [1.807, 2.05) is 0 Å². The van der Waals surface area contributed by atoms with E-state index in [9.17, 15) is 68.3 Å². The van der Waals surface area contributed by atoms with Gasteiger partial charge in [-0.25, -0.2) is 0 Å². The number of carboxylic acids is 3. The van der Waals surface area contributed by atoms with Crippen LogP contribution in [-0.2, 0) is 28.3 Å². The molecule has 1 rings (SSSR count). The standard InChI is InChI=1S/C19H37N5O14P2/c25-15(20-2-1-19(32,39(33,34)35)40(36,37)38)11-21-3-5-22(12-16(26)27)7-9-24(14-18(30)31)10-8-23(6-4-21)13-17(28)29/h32H,1-14H2,(H,20,25)(H,26,27)(H,28,29)(H,30,31)(H2,33,34,35)(H2,36,37,38). The molecule has 9 N–H and O–H groups in total. The van der Waals surface area contributed by atoms with E-state index in [0.29, 0.717) is 0 Å². The lowest BCUT2D eigenvalue weighted by Gasteiger charge is -2.33. The summed E-state index contributed by atoms with van der Waals surface area (Å²) >= 11 is 0. The fourth-order valence-electron chi connectivity index (χ4n) is 3.87. The number of carboxylic acid groups (broad SMARTS) is 3. The minimum absolute atomic E-state index is 0.120. The predicted octanol–water partition coefficient (Wildman–Crippen LogP) is -4.03. The SMILES string of the molecule is O=C(O)CN1CCN(CC(=O)O)CCN(CC(=O)NCCC(O)(P(=O)(O)O)P(=O)(O)O)CCN(CC(=O)O)CC1. The van der Waals surface area contributed by atoms with Gasteiger partial charge < -0.3 is 45.3 Å². The number of rotatable bonds is 13. The summed E-state index contributed by atoms with van der Waals surface area (Å²) in [4.78, 5) is 89.5. The number of hydrogen-bond acceptors (Lipinski definition) is 11. The van der Waals surface area contributed by atoms with Gasteiger partial charge >= 0.3 is 33.1 Å². The Bertz CT molecular complexity index is 934. The van der Waals surface area contributed by atoms with Crippen molar-refractivity contribution < 1.29 is 68.3 Å². The molecule has 0 unspecified atom stereocenters. The van der Waals surface area contributed by atoms with E-state index in [0.717, 1.165) is 0 Å². The summed E-state index contributed by atoms with van der Waals surface area (Å²) in [7, 11) is -11.4. The Balaban J connectivity index is 2.97. The molecule has 1 heterocycles. The molecule has 0 aromatic carbocycles. The zero-order chi connectivity index (χ0) is 30.7. The first-order chi connectivity index (χ1) is 18.3. The zero-order valence-electron chi connectivity index (χ0n) is 21.6. The van der Waals surface area contributed by atoms with E-state index < -0.39 is 57.1 Å². The number of nitrogens with zero attached hydrogens (tertiary/aromatic N) is 4. The highest BCUT2D eigenvalue weighted by Gasteiger charge is 2.58. The molecular weight excluding hydrogens is 584 g/mol. The highest BCUT2D eigenvalue weighted by Crippen LogP contribution is 2.68. The van der Waals surface area contributed by atoms with Crippen LogP contribution in [0, 0.1) is 0 Å². The van der Waals surface area contributed by atoms with Crippen LogP contribution in [0.3, 0.4) is 0 Å². The van der Waals surface area contributed by atoms with Crippen molar-refractivity contribution in [3.05, 3.63) is 0 Å². The van der Waals surface area contributed by atoms with Gasteiger partial charge in [0, 0.05) is 65.3 Å². The monoisotopic (exact) mass is 621 g/mol. The first-order valence-corrected chi connectivity index (χ1v) is 15.2. The van der Waals surface area contributed by atoms with Crippen molar-refractivity contribution in [3.63, 3.8) is 0 Å². The van der Waals surface area contributed by atoms with Gasteiger partial charge in [-0.2, -0.15) is 0 Å². The van der Waals surface area contributed by atoms with Crippen molar-refractivity contribution in [2.75, 3.05) is 85.1 Å². The van der Waals surface area contributed by atoms with Crippen LogP contribution in [0.5, 0.6) is 0 Å². The quantitative estimate of drug-likeness (QED) is 0.0885. The van der Waals surface area contributed by atoms with Crippen molar-refractivity contribution in [3.8, 4) is 0 Å². The number of carbonyl (C=O) groups is 4. The van der Waals surface area contributed by atoms with Gasteiger partial charge in [-0.1, -0.05) is 0 Å². The van der Waals surface area contributed by atoms with Gasteiger partial charge in [-0.05, 0) is 0 Å². The number of aliphatic carboxylic acids is 3. The molecule has 0 radical (unpaired) electrons. The lowest BCUT2D eigenvalue weighted by Crippen LogP contribution is -2.50. The first-order valence-electron chi connectivity index (χ1n) is 12.0. The molecule has 0 atom stereocenters. The Hall–Kier alpha value is -2.02. The van der Waals surface area contributed by atoms with Gasteiger partial charge in [0.1, 0.15) is 0 Å². The van der Waals surface area contributed by atoms with Crippen LogP contribution in [0.25, 0.3) is 0 Å². The number of hydrogen-bond donors (Lipinski definition) is 9. The third kappa shape index (κ3) is 12.7. The summed E-state index contributed by atoms with van der Waals surface area (Å²) in [6.07, 6.45) is -1.15. The van der Waals surface area contributed by atoms with Gasteiger partial charge in [-0.15, -0.1) is 0 Å². The lowest BCUT2D eigenvalue weighted by atomic mass is 10.3. The molecule has 0 aliphatic carbocycles. The highest BCUT2D eigenvalue weighted by molar-refractivity contribution is 7.72. The van der Waals surface area contributed by atoms with E-state index in [2.05, 4.69) is 5.32 Å². The number of carbonyl (C=O) groups excluding carboxylic acids is 1. The molecule has 21 heteroatoms. The molecule has 0 spiro atoms. The molecule has 19 nitrogen and oxygen atoms in total. The van der Waals surface area contributed by atoms with Crippen molar-refractivity contribution in [1.29, 1.82) is 0 Å². The third-order valence-corrected chi connectivity index (χ3v) is 9.97. The maximum atomic E-state index is 12.5. The minimum atomic E-state index is -5.69. The van der Waals surface area contributed by atoms with Crippen molar-refractivity contribution in [2.24, 2.45) is 0 Å².